The third-order valence-electron chi connectivity index (χ3n) is 2.20. The monoisotopic (exact) mass is 257 g/mol. The molecule has 8 heteroatoms. The number of halogens is 2. The number of aliphatic hydroxyl groups excluding tert-OH is 1. The number of esters is 1. The highest BCUT2D eigenvalue weighted by atomic mass is 19.1. The van der Waals surface area contributed by atoms with E-state index in [2.05, 4.69) is 14.8 Å². The standard InChI is InChI=1S/C10H9F2N3O3/c1-18-10(17)9(16)8(14-15-13)6-3-2-5(11)4-7(6)12/h2-4,8-9,16H,1H3/t8-,9+/m0/s1. The molecule has 0 radical (unpaired) electrons. The zero-order chi connectivity index (χ0) is 13.7. The zero-order valence-electron chi connectivity index (χ0n) is 9.25. The molecule has 1 aromatic rings. The van der Waals surface area contributed by atoms with Crippen LogP contribution in [0.25, 0.3) is 10.4 Å². The van der Waals surface area contributed by atoms with Crippen molar-refractivity contribution in [3.63, 3.8) is 0 Å². The van der Waals surface area contributed by atoms with Gasteiger partial charge >= 0.3 is 5.97 Å². The smallest absolute Gasteiger partial charge is 0.335 e. The molecular formula is C10H9F2N3O3. The molecule has 2 atom stereocenters. The topological polar surface area (TPSA) is 95.3 Å². The number of rotatable bonds is 4. The van der Waals surface area contributed by atoms with Gasteiger partial charge in [-0.2, -0.15) is 0 Å². The minimum Gasteiger partial charge on any atom is -0.467 e. The number of carbonyl (C=O) groups is 1. The van der Waals surface area contributed by atoms with Crippen molar-refractivity contribution in [3.8, 4) is 0 Å². The van der Waals surface area contributed by atoms with E-state index < -0.39 is 29.7 Å². The molecule has 0 spiro atoms. The van der Waals surface area contributed by atoms with Crippen LogP contribution in [-0.4, -0.2) is 24.3 Å². The van der Waals surface area contributed by atoms with Gasteiger partial charge in [-0.25, -0.2) is 13.6 Å². The Hall–Kier alpha value is -2.18. The second-order valence-electron chi connectivity index (χ2n) is 3.28. The Morgan fingerprint density at radius 3 is 2.72 bits per heavy atom. The van der Waals surface area contributed by atoms with E-state index >= 15 is 0 Å². The summed E-state index contributed by atoms with van der Waals surface area (Å²) in [6.45, 7) is 0. The number of hydrogen-bond donors (Lipinski definition) is 1. The van der Waals surface area contributed by atoms with E-state index in [1.807, 2.05) is 0 Å². The normalized spacial score (nSPS) is 13.3. The van der Waals surface area contributed by atoms with Gasteiger partial charge in [0.2, 0.25) is 0 Å². The quantitative estimate of drug-likeness (QED) is 0.386. The number of ether oxygens (including phenoxy) is 1. The summed E-state index contributed by atoms with van der Waals surface area (Å²) in [4.78, 5) is 13.5. The van der Waals surface area contributed by atoms with Crippen molar-refractivity contribution >= 4 is 5.97 Å². The van der Waals surface area contributed by atoms with Crippen molar-refractivity contribution in [1.29, 1.82) is 0 Å². The summed E-state index contributed by atoms with van der Waals surface area (Å²) >= 11 is 0. The second-order valence-corrected chi connectivity index (χ2v) is 3.28. The summed E-state index contributed by atoms with van der Waals surface area (Å²) < 4.78 is 30.4. The van der Waals surface area contributed by atoms with Gasteiger partial charge in [0.05, 0.1) is 7.11 Å². The molecule has 1 N–H and O–H groups in total. The van der Waals surface area contributed by atoms with Gasteiger partial charge in [0.1, 0.15) is 17.7 Å². The van der Waals surface area contributed by atoms with Crippen LogP contribution in [0.3, 0.4) is 0 Å². The van der Waals surface area contributed by atoms with Gasteiger partial charge in [-0.05, 0) is 11.6 Å². The van der Waals surface area contributed by atoms with Crippen molar-refractivity contribution in [2.24, 2.45) is 5.11 Å². The Morgan fingerprint density at radius 2 is 2.22 bits per heavy atom. The van der Waals surface area contributed by atoms with Crippen LogP contribution in [-0.2, 0) is 9.53 Å². The second kappa shape index (κ2) is 5.95. The number of azide groups is 1. The van der Waals surface area contributed by atoms with Crippen molar-refractivity contribution in [2.75, 3.05) is 7.11 Å². The molecule has 0 unspecified atom stereocenters. The third-order valence-corrected chi connectivity index (χ3v) is 2.20. The Morgan fingerprint density at radius 1 is 1.56 bits per heavy atom. The van der Waals surface area contributed by atoms with Gasteiger partial charge in [-0.15, -0.1) is 0 Å². The van der Waals surface area contributed by atoms with Crippen LogP contribution < -0.4 is 0 Å². The van der Waals surface area contributed by atoms with Crippen LogP contribution in [0.1, 0.15) is 11.6 Å². The highest BCUT2D eigenvalue weighted by molar-refractivity contribution is 5.75. The van der Waals surface area contributed by atoms with Gasteiger partial charge in [-0.1, -0.05) is 11.2 Å². The lowest BCUT2D eigenvalue weighted by Gasteiger charge is -2.17. The molecule has 0 aromatic heterocycles. The fourth-order valence-corrected chi connectivity index (χ4v) is 1.34. The first kappa shape index (κ1) is 13.9. The average molecular weight is 257 g/mol. The molecule has 1 rings (SSSR count). The van der Waals surface area contributed by atoms with Crippen LogP contribution in [0.15, 0.2) is 23.3 Å². The molecule has 6 nitrogen and oxygen atoms in total. The first-order chi connectivity index (χ1) is 8.51. The highest BCUT2D eigenvalue weighted by Gasteiger charge is 2.29. The van der Waals surface area contributed by atoms with Gasteiger partial charge in [0.25, 0.3) is 0 Å². The molecular weight excluding hydrogens is 248 g/mol. The first-order valence-corrected chi connectivity index (χ1v) is 4.76. The maximum atomic E-state index is 13.5. The zero-order valence-corrected chi connectivity index (χ0v) is 9.25. The van der Waals surface area contributed by atoms with E-state index in [9.17, 15) is 18.7 Å². The van der Waals surface area contributed by atoms with Crippen molar-refractivity contribution in [2.45, 2.75) is 12.1 Å². The van der Waals surface area contributed by atoms with E-state index in [4.69, 9.17) is 5.53 Å². The van der Waals surface area contributed by atoms with E-state index in [1.54, 1.807) is 0 Å². The maximum Gasteiger partial charge on any atom is 0.335 e. The Balaban J connectivity index is 3.19. The van der Waals surface area contributed by atoms with E-state index in [0.29, 0.717) is 6.07 Å². The fraction of sp³-hybridized carbons (Fsp3) is 0.300. The summed E-state index contributed by atoms with van der Waals surface area (Å²) in [5.41, 5.74) is 8.05. The molecule has 1 aromatic carbocycles. The summed E-state index contributed by atoms with van der Waals surface area (Å²) in [6.07, 6.45) is -1.87. The van der Waals surface area contributed by atoms with Gasteiger partial charge < -0.3 is 9.84 Å². The van der Waals surface area contributed by atoms with E-state index in [-0.39, 0.29) is 5.56 Å². The predicted molar refractivity (Wildman–Crippen MR) is 56.3 cm³/mol. The summed E-state index contributed by atoms with van der Waals surface area (Å²) in [5.74, 6) is -2.95. The molecule has 96 valence electrons. The van der Waals surface area contributed by atoms with Crippen LogP contribution in [0, 0.1) is 11.6 Å². The molecule has 0 aliphatic carbocycles. The lowest BCUT2D eigenvalue weighted by molar-refractivity contribution is -0.151. The minimum absolute atomic E-state index is 0.299. The molecule has 18 heavy (non-hydrogen) atoms. The molecule has 0 saturated carbocycles. The number of methoxy groups -OCH3 is 1. The minimum atomic E-state index is -1.87. The Labute approximate surface area is 100 Å². The molecule has 0 saturated heterocycles. The molecule has 0 heterocycles. The lowest BCUT2D eigenvalue weighted by Crippen LogP contribution is -2.28. The SMILES string of the molecule is COC(=O)[C@H](O)[C@@H](N=[N+]=[N-])c1ccc(F)cc1F. The number of aliphatic hydroxyl groups is 1. The van der Waals surface area contributed by atoms with E-state index in [0.717, 1.165) is 19.2 Å². The van der Waals surface area contributed by atoms with Gasteiger partial charge in [0.15, 0.2) is 6.10 Å². The predicted octanol–water partition coefficient (Wildman–Crippen LogP) is 1.85. The van der Waals surface area contributed by atoms with Crippen molar-refractivity contribution in [1.82, 2.24) is 0 Å². The summed E-state index contributed by atoms with van der Waals surface area (Å²) in [5, 5.41) is 12.7. The maximum absolute atomic E-state index is 13.5. The molecule has 0 fully saturated rings. The molecule has 0 aliphatic heterocycles. The molecule has 0 amide bonds. The Bertz CT molecular complexity index is 503. The van der Waals surface area contributed by atoms with Gasteiger partial charge in [0, 0.05) is 16.5 Å². The molecule has 0 aliphatic rings. The Kier molecular flexibility index (Phi) is 4.59. The van der Waals surface area contributed by atoms with Crippen LogP contribution in [0.2, 0.25) is 0 Å². The van der Waals surface area contributed by atoms with Crippen LogP contribution in [0.4, 0.5) is 8.78 Å². The largest absolute Gasteiger partial charge is 0.467 e. The summed E-state index contributed by atoms with van der Waals surface area (Å²) in [6, 6.07) is 0.931. The first-order valence-electron chi connectivity index (χ1n) is 4.76. The number of carbonyl (C=O) groups excluding carboxylic acids is 1. The fourth-order valence-electron chi connectivity index (χ4n) is 1.34. The summed E-state index contributed by atoms with van der Waals surface area (Å²) in [7, 11) is 1.01. The van der Waals surface area contributed by atoms with Crippen molar-refractivity contribution in [3.05, 3.63) is 45.8 Å². The van der Waals surface area contributed by atoms with Crippen molar-refractivity contribution < 1.29 is 23.4 Å². The molecule has 0 bridgehead atoms. The average Bonchev–Trinajstić information content (AvgIpc) is 2.35. The van der Waals surface area contributed by atoms with Gasteiger partial charge in [-0.3, -0.25) is 0 Å². The number of benzene rings is 1. The number of nitrogens with zero attached hydrogens (tertiary/aromatic N) is 3. The lowest BCUT2D eigenvalue weighted by atomic mass is 10.0. The highest BCUT2D eigenvalue weighted by Crippen LogP contribution is 2.25. The van der Waals surface area contributed by atoms with Crippen LogP contribution >= 0.6 is 0 Å². The van der Waals surface area contributed by atoms with Crippen LogP contribution in [0.5, 0.6) is 0 Å². The third kappa shape index (κ3) is 2.93. The van der Waals surface area contributed by atoms with E-state index in [1.165, 1.54) is 0 Å². The number of hydrogen-bond acceptors (Lipinski definition) is 4.